The fourth-order valence-corrected chi connectivity index (χ4v) is 2.61. The van der Waals surface area contributed by atoms with Crippen LogP contribution >= 0.6 is 0 Å². The molecule has 0 bridgehead atoms. The van der Waals surface area contributed by atoms with Crippen LogP contribution < -0.4 is 5.73 Å². The Balaban J connectivity index is 2.02. The Morgan fingerprint density at radius 2 is 2.20 bits per heavy atom. The van der Waals surface area contributed by atoms with Crippen molar-refractivity contribution < 1.29 is 4.79 Å². The molecule has 1 saturated heterocycles. The van der Waals surface area contributed by atoms with E-state index in [1.807, 2.05) is 24.0 Å². The number of carbonyl (C=O) groups excluding carboxylic acids is 1. The number of nitrogens with zero attached hydrogens (tertiary/aromatic N) is 3. The second kappa shape index (κ2) is 6.22. The van der Waals surface area contributed by atoms with E-state index >= 15 is 0 Å². The van der Waals surface area contributed by atoms with Crippen molar-refractivity contribution in [2.75, 3.05) is 25.4 Å². The highest BCUT2D eigenvalue weighted by Gasteiger charge is 2.31. The Hall–Kier alpha value is -1.62. The van der Waals surface area contributed by atoms with E-state index in [-0.39, 0.29) is 11.9 Å². The zero-order chi connectivity index (χ0) is 14.7. The van der Waals surface area contributed by atoms with Crippen LogP contribution in [0.25, 0.3) is 0 Å². The van der Waals surface area contributed by atoms with E-state index < -0.39 is 0 Å². The summed E-state index contributed by atoms with van der Waals surface area (Å²) in [5.74, 6) is 1.27. The second-order valence-electron chi connectivity index (χ2n) is 5.87. The van der Waals surface area contributed by atoms with Gasteiger partial charge in [-0.3, -0.25) is 9.69 Å². The van der Waals surface area contributed by atoms with Gasteiger partial charge in [0, 0.05) is 37.9 Å². The summed E-state index contributed by atoms with van der Waals surface area (Å²) in [6.45, 7) is 9.45. The number of pyridine rings is 1. The van der Waals surface area contributed by atoms with Crippen molar-refractivity contribution in [2.24, 2.45) is 5.92 Å². The standard InChI is InChI=1S/C15H24N4O/c1-11(2)9-19-8-7-18(12(3)15(19)20)10-13-5-4-6-17-14(13)16/h4-6,11-12H,7-10H2,1-3H3,(H2,16,17)/t12-/m0/s1. The fourth-order valence-electron chi connectivity index (χ4n) is 2.61. The number of nitrogens with two attached hydrogens (primary N) is 1. The first-order valence-corrected chi connectivity index (χ1v) is 7.21. The lowest BCUT2D eigenvalue weighted by molar-refractivity contribution is -0.141. The summed E-state index contributed by atoms with van der Waals surface area (Å²) < 4.78 is 0. The SMILES string of the molecule is CC(C)CN1CCN(Cc2cccnc2N)[C@@H](C)C1=O. The third-order valence-electron chi connectivity index (χ3n) is 3.76. The third-order valence-corrected chi connectivity index (χ3v) is 3.76. The highest BCUT2D eigenvalue weighted by atomic mass is 16.2. The van der Waals surface area contributed by atoms with Crippen LogP contribution in [0.2, 0.25) is 0 Å². The molecular weight excluding hydrogens is 252 g/mol. The normalized spacial score (nSPS) is 20.7. The molecule has 0 radical (unpaired) electrons. The lowest BCUT2D eigenvalue weighted by Gasteiger charge is -2.39. The maximum atomic E-state index is 12.4. The number of hydrogen-bond donors (Lipinski definition) is 1. The number of amides is 1. The van der Waals surface area contributed by atoms with E-state index in [9.17, 15) is 4.79 Å². The van der Waals surface area contributed by atoms with E-state index in [1.165, 1.54) is 0 Å². The van der Waals surface area contributed by atoms with Crippen LogP contribution in [0, 0.1) is 5.92 Å². The van der Waals surface area contributed by atoms with Crippen molar-refractivity contribution in [2.45, 2.75) is 33.4 Å². The van der Waals surface area contributed by atoms with Gasteiger partial charge in [0.25, 0.3) is 0 Å². The Morgan fingerprint density at radius 1 is 1.45 bits per heavy atom. The summed E-state index contributed by atoms with van der Waals surface area (Å²) >= 11 is 0. The van der Waals surface area contributed by atoms with Gasteiger partial charge in [-0.1, -0.05) is 19.9 Å². The smallest absolute Gasteiger partial charge is 0.239 e. The Labute approximate surface area is 120 Å². The maximum Gasteiger partial charge on any atom is 0.239 e. The van der Waals surface area contributed by atoms with Crippen molar-refractivity contribution in [3.8, 4) is 0 Å². The average molecular weight is 276 g/mol. The van der Waals surface area contributed by atoms with Crippen LogP contribution in [0.4, 0.5) is 5.82 Å². The summed E-state index contributed by atoms with van der Waals surface area (Å²) in [6, 6.07) is 3.76. The minimum atomic E-state index is -0.0953. The van der Waals surface area contributed by atoms with Gasteiger partial charge in [0.05, 0.1) is 6.04 Å². The molecule has 1 atom stereocenters. The first-order chi connectivity index (χ1) is 9.49. The van der Waals surface area contributed by atoms with E-state index in [4.69, 9.17) is 5.73 Å². The quantitative estimate of drug-likeness (QED) is 0.902. The number of carbonyl (C=O) groups is 1. The number of aromatic nitrogens is 1. The van der Waals surface area contributed by atoms with Gasteiger partial charge < -0.3 is 10.6 Å². The summed E-state index contributed by atoms with van der Waals surface area (Å²) in [5.41, 5.74) is 6.87. The molecule has 0 aliphatic carbocycles. The molecule has 5 heteroatoms. The Morgan fingerprint density at radius 3 is 2.85 bits per heavy atom. The molecule has 1 amide bonds. The van der Waals surface area contributed by atoms with Crippen molar-refractivity contribution in [1.29, 1.82) is 0 Å². The van der Waals surface area contributed by atoms with Crippen LogP contribution in [-0.2, 0) is 11.3 Å². The predicted octanol–water partition coefficient (Wildman–Crippen LogP) is 1.35. The molecule has 0 saturated carbocycles. The molecular formula is C15H24N4O. The number of piperazine rings is 1. The van der Waals surface area contributed by atoms with Crippen LogP contribution in [0.1, 0.15) is 26.3 Å². The van der Waals surface area contributed by atoms with Gasteiger partial charge in [0.15, 0.2) is 0 Å². The molecule has 1 aromatic heterocycles. The Kier molecular flexibility index (Phi) is 4.60. The monoisotopic (exact) mass is 276 g/mol. The lowest BCUT2D eigenvalue weighted by atomic mass is 10.1. The molecule has 2 rings (SSSR count). The zero-order valence-corrected chi connectivity index (χ0v) is 12.5. The molecule has 0 unspecified atom stereocenters. The Bertz CT molecular complexity index is 475. The van der Waals surface area contributed by atoms with Gasteiger partial charge in [0.2, 0.25) is 5.91 Å². The van der Waals surface area contributed by atoms with Crippen molar-refractivity contribution in [3.05, 3.63) is 23.9 Å². The van der Waals surface area contributed by atoms with E-state index in [1.54, 1.807) is 6.20 Å². The maximum absolute atomic E-state index is 12.4. The largest absolute Gasteiger partial charge is 0.383 e. The van der Waals surface area contributed by atoms with Crippen molar-refractivity contribution in [3.63, 3.8) is 0 Å². The van der Waals surface area contributed by atoms with Gasteiger partial charge >= 0.3 is 0 Å². The van der Waals surface area contributed by atoms with E-state index in [0.717, 1.165) is 25.2 Å². The number of anilines is 1. The molecule has 1 aliphatic heterocycles. The van der Waals surface area contributed by atoms with Crippen molar-refractivity contribution in [1.82, 2.24) is 14.8 Å². The van der Waals surface area contributed by atoms with Gasteiger partial charge in [0.1, 0.15) is 5.82 Å². The second-order valence-corrected chi connectivity index (χ2v) is 5.87. The van der Waals surface area contributed by atoms with E-state index in [0.29, 0.717) is 18.3 Å². The summed E-state index contributed by atoms with van der Waals surface area (Å²) in [6.07, 6.45) is 1.69. The summed E-state index contributed by atoms with van der Waals surface area (Å²) in [7, 11) is 0. The number of rotatable bonds is 4. The molecule has 20 heavy (non-hydrogen) atoms. The molecule has 110 valence electrons. The lowest BCUT2D eigenvalue weighted by Crippen LogP contribution is -2.56. The van der Waals surface area contributed by atoms with Crippen LogP contribution in [0.3, 0.4) is 0 Å². The number of nitrogen functional groups attached to an aromatic ring is 1. The molecule has 1 fully saturated rings. The van der Waals surface area contributed by atoms with Crippen LogP contribution in [-0.4, -0.2) is 46.4 Å². The van der Waals surface area contributed by atoms with Gasteiger partial charge in [-0.25, -0.2) is 4.98 Å². The molecule has 2 heterocycles. The predicted molar refractivity (Wildman–Crippen MR) is 79.9 cm³/mol. The van der Waals surface area contributed by atoms with Crippen LogP contribution in [0.15, 0.2) is 18.3 Å². The topological polar surface area (TPSA) is 62.5 Å². The van der Waals surface area contributed by atoms with Gasteiger partial charge in [-0.05, 0) is 18.9 Å². The first-order valence-electron chi connectivity index (χ1n) is 7.21. The molecule has 1 aromatic rings. The van der Waals surface area contributed by atoms with E-state index in [2.05, 4.69) is 23.7 Å². The molecule has 1 aliphatic rings. The number of hydrogen-bond acceptors (Lipinski definition) is 4. The minimum absolute atomic E-state index is 0.0953. The molecule has 2 N–H and O–H groups in total. The fraction of sp³-hybridized carbons (Fsp3) is 0.600. The highest BCUT2D eigenvalue weighted by Crippen LogP contribution is 2.18. The van der Waals surface area contributed by atoms with Gasteiger partial charge in [-0.2, -0.15) is 0 Å². The van der Waals surface area contributed by atoms with Crippen molar-refractivity contribution >= 4 is 11.7 Å². The summed E-state index contributed by atoms with van der Waals surface area (Å²) in [4.78, 5) is 20.6. The average Bonchev–Trinajstić information content (AvgIpc) is 2.40. The van der Waals surface area contributed by atoms with Gasteiger partial charge in [-0.15, -0.1) is 0 Å². The molecule has 0 aromatic carbocycles. The van der Waals surface area contributed by atoms with Crippen LogP contribution in [0.5, 0.6) is 0 Å². The highest BCUT2D eigenvalue weighted by molar-refractivity contribution is 5.82. The zero-order valence-electron chi connectivity index (χ0n) is 12.5. The summed E-state index contributed by atoms with van der Waals surface area (Å²) in [5, 5.41) is 0. The minimum Gasteiger partial charge on any atom is -0.383 e. The molecule has 0 spiro atoms. The first kappa shape index (κ1) is 14.8. The molecule has 5 nitrogen and oxygen atoms in total. The third kappa shape index (κ3) is 3.28.